The van der Waals surface area contributed by atoms with Crippen molar-refractivity contribution in [2.45, 2.75) is 50.7 Å². The molecule has 12 heteroatoms. The number of anilines is 1. The molecule has 0 spiro atoms. The van der Waals surface area contributed by atoms with E-state index in [9.17, 15) is 22.0 Å². The molecule has 1 N–H and O–H groups in total. The minimum atomic E-state index is -3.53. The molecule has 0 amide bonds. The lowest BCUT2D eigenvalue weighted by Gasteiger charge is -2.35. The fourth-order valence-corrected chi connectivity index (χ4v) is 6.51. The zero-order chi connectivity index (χ0) is 30.0. The van der Waals surface area contributed by atoms with Crippen LogP contribution in [0.5, 0.6) is 5.75 Å². The van der Waals surface area contributed by atoms with Crippen molar-refractivity contribution >= 4 is 15.7 Å². The Hall–Kier alpha value is -3.35. The van der Waals surface area contributed by atoms with E-state index in [1.807, 2.05) is 11.0 Å². The van der Waals surface area contributed by atoms with Gasteiger partial charge in [0.1, 0.15) is 17.3 Å². The summed E-state index contributed by atoms with van der Waals surface area (Å²) in [5.74, 6) is -1.75. The molecule has 2 aromatic carbocycles. The van der Waals surface area contributed by atoms with Gasteiger partial charge in [-0.1, -0.05) is 62.4 Å². The summed E-state index contributed by atoms with van der Waals surface area (Å²) in [5.41, 5.74) is 0.411. The molecule has 0 unspecified atom stereocenters. The first-order valence-electron chi connectivity index (χ1n) is 14.4. The molecule has 0 bridgehead atoms. The van der Waals surface area contributed by atoms with Gasteiger partial charge in [-0.3, -0.25) is 4.79 Å². The lowest BCUT2D eigenvalue weighted by Crippen LogP contribution is -2.49. The molecule has 9 nitrogen and oxygen atoms in total. The van der Waals surface area contributed by atoms with E-state index in [0.29, 0.717) is 30.8 Å². The first-order chi connectivity index (χ1) is 20.3. The van der Waals surface area contributed by atoms with Crippen molar-refractivity contribution in [3.8, 4) is 11.4 Å². The third-order valence-electron chi connectivity index (χ3n) is 7.22. The standard InChI is InChI=1S/C30H38F2N4O5S/c31-25-19-26(32)21-27(20-25)36-30(38)29(41-18-10-5-3-1-2-4-9-17-37)28(22-33-36)34-13-15-35(16-14-34)42(39,40)23-24-11-7-6-8-12-24/h6-8,11-12,19-22,37H,1-5,9-10,13-18,23H2. The Balaban J connectivity index is 1.47. The van der Waals surface area contributed by atoms with Crippen molar-refractivity contribution in [3.63, 3.8) is 0 Å². The van der Waals surface area contributed by atoms with Crippen LogP contribution in [0.4, 0.5) is 14.5 Å². The molecule has 0 atom stereocenters. The second-order valence-electron chi connectivity index (χ2n) is 10.4. The molecule has 1 aromatic heterocycles. The number of unbranched alkanes of at least 4 members (excludes halogenated alkanes) is 6. The molecule has 3 aromatic rings. The van der Waals surface area contributed by atoms with E-state index in [0.717, 1.165) is 61.4 Å². The lowest BCUT2D eigenvalue weighted by molar-refractivity contribution is 0.281. The number of hydrogen-bond donors (Lipinski definition) is 1. The van der Waals surface area contributed by atoms with E-state index >= 15 is 0 Å². The molecule has 1 aliphatic heterocycles. The first-order valence-corrected chi connectivity index (χ1v) is 16.0. The predicted molar refractivity (Wildman–Crippen MR) is 158 cm³/mol. The summed E-state index contributed by atoms with van der Waals surface area (Å²) in [6.07, 6.45) is 7.95. The van der Waals surface area contributed by atoms with E-state index in [2.05, 4.69) is 5.10 Å². The van der Waals surface area contributed by atoms with E-state index < -0.39 is 27.2 Å². The molecule has 4 rings (SSSR count). The van der Waals surface area contributed by atoms with Crippen LogP contribution < -0.4 is 15.2 Å². The summed E-state index contributed by atoms with van der Waals surface area (Å²) in [6.45, 7) is 1.56. The average Bonchev–Trinajstić information content (AvgIpc) is 2.97. The molecule has 0 radical (unpaired) electrons. The normalized spacial score (nSPS) is 14.3. The van der Waals surface area contributed by atoms with Crippen LogP contribution in [0.1, 0.15) is 50.5 Å². The second-order valence-corrected chi connectivity index (χ2v) is 12.3. The molecule has 228 valence electrons. The molecule has 2 heterocycles. The highest BCUT2D eigenvalue weighted by molar-refractivity contribution is 7.88. The van der Waals surface area contributed by atoms with Crippen LogP contribution in [-0.2, 0) is 15.8 Å². The Morgan fingerprint density at radius 1 is 0.857 bits per heavy atom. The number of ether oxygens (including phenoxy) is 1. The maximum Gasteiger partial charge on any atom is 0.316 e. The van der Waals surface area contributed by atoms with E-state index in [1.54, 1.807) is 24.3 Å². The monoisotopic (exact) mass is 604 g/mol. The van der Waals surface area contributed by atoms with Crippen molar-refractivity contribution in [1.82, 2.24) is 14.1 Å². The summed E-state index contributed by atoms with van der Waals surface area (Å²) in [5, 5.41) is 13.1. The van der Waals surface area contributed by atoms with E-state index in [-0.39, 0.29) is 43.5 Å². The zero-order valence-electron chi connectivity index (χ0n) is 23.6. The number of rotatable bonds is 15. The van der Waals surface area contributed by atoms with Crippen LogP contribution >= 0.6 is 0 Å². The largest absolute Gasteiger partial charge is 0.486 e. The minimum absolute atomic E-state index is 0.0122. The summed E-state index contributed by atoms with van der Waals surface area (Å²) in [6, 6.07) is 11.8. The van der Waals surface area contributed by atoms with Gasteiger partial charge in [-0.05, 0) is 30.5 Å². The summed E-state index contributed by atoms with van der Waals surface area (Å²) >= 11 is 0. The Labute approximate surface area is 245 Å². The third-order valence-corrected chi connectivity index (χ3v) is 9.07. The van der Waals surface area contributed by atoms with Gasteiger partial charge >= 0.3 is 5.56 Å². The number of benzene rings is 2. The van der Waals surface area contributed by atoms with Crippen molar-refractivity contribution in [3.05, 3.63) is 82.3 Å². The molecule has 1 fully saturated rings. The smallest absolute Gasteiger partial charge is 0.316 e. The number of nitrogens with zero attached hydrogens (tertiary/aromatic N) is 4. The molecule has 1 aliphatic rings. The highest BCUT2D eigenvalue weighted by Gasteiger charge is 2.29. The van der Waals surface area contributed by atoms with Gasteiger partial charge in [-0.25, -0.2) is 17.2 Å². The molecule has 0 saturated carbocycles. The highest BCUT2D eigenvalue weighted by atomic mass is 32.2. The Morgan fingerprint density at radius 2 is 1.48 bits per heavy atom. The van der Waals surface area contributed by atoms with Gasteiger partial charge in [0.05, 0.1) is 24.2 Å². The van der Waals surface area contributed by atoms with Gasteiger partial charge in [0, 0.05) is 38.9 Å². The number of piperazine rings is 1. The van der Waals surface area contributed by atoms with Crippen LogP contribution in [-0.4, -0.2) is 67.0 Å². The number of aliphatic hydroxyl groups is 1. The van der Waals surface area contributed by atoms with Crippen LogP contribution in [0.2, 0.25) is 0 Å². The van der Waals surface area contributed by atoms with Crippen LogP contribution in [0.25, 0.3) is 5.69 Å². The van der Waals surface area contributed by atoms with E-state index in [1.165, 1.54) is 10.5 Å². The van der Waals surface area contributed by atoms with Crippen molar-refractivity contribution in [1.29, 1.82) is 0 Å². The van der Waals surface area contributed by atoms with Gasteiger partial charge in [0.25, 0.3) is 0 Å². The van der Waals surface area contributed by atoms with Gasteiger partial charge in [0.2, 0.25) is 15.8 Å². The van der Waals surface area contributed by atoms with Gasteiger partial charge < -0.3 is 14.7 Å². The zero-order valence-corrected chi connectivity index (χ0v) is 24.4. The SMILES string of the molecule is O=c1c(OCCCCCCCCCO)c(N2CCN(S(=O)(=O)Cc3ccccc3)CC2)cnn1-c1cc(F)cc(F)c1. The lowest BCUT2D eigenvalue weighted by atomic mass is 10.1. The third kappa shape index (κ3) is 8.59. The molecule has 0 aliphatic carbocycles. The molecular formula is C30H38F2N4O5S. The number of aliphatic hydroxyl groups excluding tert-OH is 1. The maximum absolute atomic E-state index is 13.9. The Bertz CT molecular complexity index is 1440. The number of sulfonamides is 1. The summed E-state index contributed by atoms with van der Waals surface area (Å²) < 4.78 is 62.2. The van der Waals surface area contributed by atoms with Gasteiger partial charge in [-0.2, -0.15) is 14.1 Å². The molecule has 1 saturated heterocycles. The number of aromatic nitrogens is 2. The number of halogens is 2. The number of hydrogen-bond acceptors (Lipinski definition) is 7. The Morgan fingerprint density at radius 3 is 2.12 bits per heavy atom. The Kier molecular flexibility index (Phi) is 11.4. The topological polar surface area (TPSA) is 105 Å². The van der Waals surface area contributed by atoms with Crippen LogP contribution in [0, 0.1) is 11.6 Å². The highest BCUT2D eigenvalue weighted by Crippen LogP contribution is 2.27. The quantitative estimate of drug-likeness (QED) is 0.259. The summed E-state index contributed by atoms with van der Waals surface area (Å²) in [7, 11) is -3.53. The predicted octanol–water partition coefficient (Wildman–Crippen LogP) is 4.26. The van der Waals surface area contributed by atoms with E-state index in [4.69, 9.17) is 9.84 Å². The van der Waals surface area contributed by atoms with Crippen molar-refractivity contribution in [2.75, 3.05) is 44.3 Å². The maximum atomic E-state index is 13.9. The van der Waals surface area contributed by atoms with Gasteiger partial charge in [0.15, 0.2) is 0 Å². The average molecular weight is 605 g/mol. The first kappa shape index (κ1) is 31.6. The van der Waals surface area contributed by atoms with Gasteiger partial charge in [-0.15, -0.1) is 0 Å². The van der Waals surface area contributed by atoms with Crippen molar-refractivity contribution < 1.29 is 27.0 Å². The minimum Gasteiger partial charge on any atom is -0.486 e. The van der Waals surface area contributed by atoms with Crippen molar-refractivity contribution in [2.24, 2.45) is 0 Å². The van der Waals surface area contributed by atoms with Crippen LogP contribution in [0.3, 0.4) is 0 Å². The fourth-order valence-electron chi connectivity index (χ4n) is 4.99. The fraction of sp³-hybridized carbons (Fsp3) is 0.467. The summed E-state index contributed by atoms with van der Waals surface area (Å²) in [4.78, 5) is 15.4. The second kappa shape index (κ2) is 15.2. The molecular weight excluding hydrogens is 566 g/mol. The van der Waals surface area contributed by atoms with Crippen LogP contribution in [0.15, 0.2) is 59.5 Å². The molecule has 42 heavy (non-hydrogen) atoms.